The maximum absolute atomic E-state index is 12.5. The van der Waals surface area contributed by atoms with E-state index in [0.29, 0.717) is 64.2 Å². The van der Waals surface area contributed by atoms with Crippen molar-refractivity contribution in [1.82, 2.24) is 5.32 Å². The molecule has 0 bridgehead atoms. The molecule has 1 heterocycles. The number of carbonyl (C=O) groups excluding carboxylic acids is 1. The number of hydrogen-bond donors (Lipinski definition) is 5. The molecular formula is C42H50N2O9. The number of rotatable bonds is 20. The molecule has 11 heteroatoms. The van der Waals surface area contributed by atoms with Gasteiger partial charge in [-0.1, -0.05) is 56.0 Å². The number of benzene rings is 4. The Morgan fingerprint density at radius 2 is 1.23 bits per heavy atom. The molecule has 1 atom stereocenters. The maximum Gasteiger partial charge on any atom is 0.255 e. The molecule has 0 saturated carbocycles. The van der Waals surface area contributed by atoms with Crippen LogP contribution in [0.15, 0.2) is 66.7 Å². The Balaban J connectivity index is 1.03. The van der Waals surface area contributed by atoms with Crippen molar-refractivity contribution >= 4 is 23.7 Å². The van der Waals surface area contributed by atoms with E-state index in [1.165, 1.54) is 7.11 Å². The van der Waals surface area contributed by atoms with Crippen molar-refractivity contribution in [1.29, 1.82) is 0 Å². The second kappa shape index (κ2) is 19.6. The highest BCUT2D eigenvalue weighted by Crippen LogP contribution is 2.39. The van der Waals surface area contributed by atoms with Gasteiger partial charge in [-0.25, -0.2) is 0 Å². The van der Waals surface area contributed by atoms with Crippen LogP contribution in [0, 0.1) is 0 Å². The lowest BCUT2D eigenvalue weighted by Crippen LogP contribution is -2.38. The topological polar surface area (TPSA) is 148 Å². The van der Waals surface area contributed by atoms with E-state index < -0.39 is 6.17 Å². The molecule has 0 fully saturated rings. The average Bonchev–Trinajstić information content (AvgIpc) is 3.20. The molecule has 0 aliphatic carbocycles. The predicted octanol–water partition coefficient (Wildman–Crippen LogP) is 7.01. The van der Waals surface area contributed by atoms with Crippen LogP contribution in [0.25, 0.3) is 12.2 Å². The number of para-hydroxylation sites is 1. The summed E-state index contributed by atoms with van der Waals surface area (Å²) in [6.07, 6.45) is 9.40. The van der Waals surface area contributed by atoms with Crippen molar-refractivity contribution in [2.24, 2.45) is 0 Å². The predicted molar refractivity (Wildman–Crippen MR) is 205 cm³/mol. The smallest absolute Gasteiger partial charge is 0.255 e. The lowest BCUT2D eigenvalue weighted by Gasteiger charge is -2.28. The summed E-state index contributed by atoms with van der Waals surface area (Å²) < 4.78 is 28.9. The summed E-state index contributed by atoms with van der Waals surface area (Å²) in [6.45, 7) is 0.490. The van der Waals surface area contributed by atoms with Gasteiger partial charge in [-0.2, -0.15) is 0 Å². The largest absolute Gasteiger partial charge is 0.496 e. The Morgan fingerprint density at radius 3 is 1.87 bits per heavy atom. The Bertz CT molecular complexity index is 1810. The summed E-state index contributed by atoms with van der Waals surface area (Å²) in [6, 6.07) is 20.4. The zero-order chi connectivity index (χ0) is 37.6. The molecule has 1 aliphatic rings. The van der Waals surface area contributed by atoms with Crippen molar-refractivity contribution in [3.05, 3.63) is 106 Å². The van der Waals surface area contributed by atoms with Crippen LogP contribution >= 0.6 is 0 Å². The standard InChI is InChI=1S/C42H50N2O9/c1-49-37-21-28(20-31(25-45)34(37)27-47)14-15-29-22-38(50-2)40(39(23-29)51-3)53-19-11-7-5-4-6-10-18-52-36-17-16-30(24-32(36)26-46)41-43-35-13-9-8-12-33(35)42(48)44-41/h8-9,12-17,20-24,41,43,45-47H,4-7,10-11,18-19,25-27H2,1-3H3,(H,44,48)/b15-14-. The van der Waals surface area contributed by atoms with E-state index >= 15 is 0 Å². The number of anilines is 1. The number of hydrogen-bond acceptors (Lipinski definition) is 10. The Labute approximate surface area is 311 Å². The fourth-order valence-electron chi connectivity index (χ4n) is 6.34. The minimum absolute atomic E-state index is 0.136. The van der Waals surface area contributed by atoms with E-state index in [1.54, 1.807) is 20.3 Å². The van der Waals surface area contributed by atoms with Crippen LogP contribution in [0.4, 0.5) is 5.69 Å². The second-order valence-electron chi connectivity index (χ2n) is 12.7. The first-order chi connectivity index (χ1) is 25.9. The van der Waals surface area contributed by atoms with Gasteiger partial charge in [0.1, 0.15) is 17.7 Å². The number of unbranched alkanes of at least 4 members (excludes halogenated alkanes) is 5. The zero-order valence-electron chi connectivity index (χ0n) is 30.7. The minimum Gasteiger partial charge on any atom is -0.496 e. The highest BCUT2D eigenvalue weighted by molar-refractivity contribution is 6.01. The summed E-state index contributed by atoms with van der Waals surface area (Å²) in [5.41, 5.74) is 5.74. The molecule has 1 aliphatic heterocycles. The van der Waals surface area contributed by atoms with Gasteiger partial charge >= 0.3 is 0 Å². The normalized spacial score (nSPS) is 13.6. The van der Waals surface area contributed by atoms with Gasteiger partial charge in [-0.15, -0.1) is 0 Å². The van der Waals surface area contributed by atoms with E-state index in [9.17, 15) is 20.1 Å². The molecule has 5 N–H and O–H groups in total. The number of aliphatic hydroxyl groups is 3. The zero-order valence-corrected chi connectivity index (χ0v) is 30.7. The van der Waals surface area contributed by atoms with Gasteiger partial charge < -0.3 is 49.6 Å². The van der Waals surface area contributed by atoms with Crippen molar-refractivity contribution in [3.8, 4) is 28.7 Å². The van der Waals surface area contributed by atoms with Crippen molar-refractivity contribution in [3.63, 3.8) is 0 Å². The van der Waals surface area contributed by atoms with Gasteiger partial charge in [0.2, 0.25) is 5.75 Å². The van der Waals surface area contributed by atoms with Crippen LogP contribution < -0.4 is 34.3 Å². The van der Waals surface area contributed by atoms with Gasteiger partial charge in [0.05, 0.1) is 59.9 Å². The molecule has 11 nitrogen and oxygen atoms in total. The van der Waals surface area contributed by atoms with Crippen LogP contribution in [0.5, 0.6) is 28.7 Å². The number of nitrogens with one attached hydrogen (secondary N) is 2. The second-order valence-corrected chi connectivity index (χ2v) is 12.7. The lowest BCUT2D eigenvalue weighted by molar-refractivity contribution is 0.0935. The summed E-state index contributed by atoms with van der Waals surface area (Å²) in [5, 5.41) is 35.8. The third kappa shape index (κ3) is 10.0. The number of aliphatic hydroxyl groups excluding tert-OH is 3. The molecular weight excluding hydrogens is 676 g/mol. The third-order valence-corrected chi connectivity index (χ3v) is 9.20. The lowest BCUT2D eigenvalue weighted by atomic mass is 10.0. The molecule has 0 aromatic heterocycles. The first-order valence-electron chi connectivity index (χ1n) is 17.9. The number of methoxy groups -OCH3 is 3. The monoisotopic (exact) mass is 726 g/mol. The fourth-order valence-corrected chi connectivity index (χ4v) is 6.34. The average molecular weight is 727 g/mol. The van der Waals surface area contributed by atoms with Gasteiger partial charge in [-0.3, -0.25) is 4.79 Å². The van der Waals surface area contributed by atoms with E-state index in [4.69, 9.17) is 23.7 Å². The number of amides is 1. The molecule has 1 amide bonds. The summed E-state index contributed by atoms with van der Waals surface area (Å²) in [5.74, 6) is 2.72. The van der Waals surface area contributed by atoms with Gasteiger partial charge in [0.25, 0.3) is 5.91 Å². The fraction of sp³-hybridized carbons (Fsp3) is 0.357. The SMILES string of the molecule is COc1cc(/C=C\c2cc(OC)c(OCCCCCCCCOc3ccc(C4NC(=O)c5ccccc5N4)cc3CO)c(OC)c2)cc(CO)c1CO. The first-order valence-corrected chi connectivity index (χ1v) is 17.9. The number of fused-ring (bicyclic) bond motifs is 1. The highest BCUT2D eigenvalue weighted by Gasteiger charge is 2.25. The van der Waals surface area contributed by atoms with E-state index in [0.717, 1.165) is 60.9 Å². The van der Waals surface area contributed by atoms with Gasteiger partial charge in [-0.05, 0) is 83.6 Å². The number of ether oxygens (including phenoxy) is 5. The van der Waals surface area contributed by atoms with E-state index in [2.05, 4.69) is 10.6 Å². The van der Waals surface area contributed by atoms with E-state index in [-0.39, 0.29) is 25.7 Å². The van der Waals surface area contributed by atoms with Gasteiger partial charge in [0.15, 0.2) is 11.5 Å². The molecule has 4 aromatic carbocycles. The van der Waals surface area contributed by atoms with Crippen LogP contribution in [-0.2, 0) is 19.8 Å². The molecule has 4 aromatic rings. The molecule has 0 spiro atoms. The summed E-state index contributed by atoms with van der Waals surface area (Å²) in [7, 11) is 4.73. The molecule has 0 saturated heterocycles. The molecule has 1 unspecified atom stereocenters. The highest BCUT2D eigenvalue weighted by atomic mass is 16.5. The molecule has 5 rings (SSSR count). The molecule has 53 heavy (non-hydrogen) atoms. The maximum atomic E-state index is 12.5. The van der Waals surface area contributed by atoms with Gasteiger partial charge in [0, 0.05) is 16.8 Å². The Morgan fingerprint density at radius 1 is 0.623 bits per heavy atom. The summed E-state index contributed by atoms with van der Waals surface area (Å²) >= 11 is 0. The van der Waals surface area contributed by atoms with Crippen molar-refractivity contribution < 1.29 is 43.8 Å². The molecule has 282 valence electrons. The van der Waals surface area contributed by atoms with Crippen LogP contribution in [0.1, 0.15) is 88.4 Å². The van der Waals surface area contributed by atoms with Crippen LogP contribution in [-0.4, -0.2) is 55.8 Å². The Hall–Kier alpha value is -5.23. The molecule has 0 radical (unpaired) electrons. The summed E-state index contributed by atoms with van der Waals surface area (Å²) in [4.78, 5) is 12.5. The van der Waals surface area contributed by atoms with Crippen LogP contribution in [0.3, 0.4) is 0 Å². The van der Waals surface area contributed by atoms with Crippen molar-refractivity contribution in [2.45, 2.75) is 64.5 Å². The van der Waals surface area contributed by atoms with Crippen molar-refractivity contribution in [2.75, 3.05) is 39.9 Å². The third-order valence-electron chi connectivity index (χ3n) is 9.20. The first kappa shape index (κ1) is 39.0. The number of carbonyl (C=O) groups is 1. The Kier molecular flexibility index (Phi) is 14.4. The van der Waals surface area contributed by atoms with E-state index in [1.807, 2.05) is 72.8 Å². The van der Waals surface area contributed by atoms with Crippen LogP contribution in [0.2, 0.25) is 0 Å². The minimum atomic E-state index is -0.392. The quantitative estimate of drug-likeness (QED) is 0.0476.